The molecule has 0 bridgehead atoms. The van der Waals surface area contributed by atoms with E-state index < -0.39 is 0 Å². The fraction of sp³-hybridized carbons (Fsp3) is 0.350. The van der Waals surface area contributed by atoms with Gasteiger partial charge in [-0.05, 0) is 48.4 Å². The van der Waals surface area contributed by atoms with Crippen molar-refractivity contribution >= 4 is 35.6 Å². The van der Waals surface area contributed by atoms with Gasteiger partial charge in [-0.15, -0.1) is 24.0 Å². The number of methoxy groups -OCH3 is 1. The largest absolute Gasteiger partial charge is 0.504 e. The van der Waals surface area contributed by atoms with Crippen LogP contribution >= 0.6 is 24.0 Å². The van der Waals surface area contributed by atoms with Crippen molar-refractivity contribution in [3.63, 3.8) is 0 Å². The van der Waals surface area contributed by atoms with E-state index in [1.54, 1.807) is 18.2 Å². The van der Waals surface area contributed by atoms with Gasteiger partial charge in [0, 0.05) is 38.4 Å². The van der Waals surface area contributed by atoms with Crippen LogP contribution in [0.2, 0.25) is 0 Å². The minimum Gasteiger partial charge on any atom is -0.504 e. The number of hydrogen-bond acceptors (Lipinski definition) is 4. The average Bonchev–Trinajstić information content (AvgIpc) is 2.70. The first kappa shape index (κ1) is 22.1. The standard InChI is InChI=1S/C20H25FN4O2.HI/c1-27-19-14-15(2-7-18(19)26)8-9-23-20(22)25-12-10-24(11-13-25)17-5-3-16(21)4-6-17;/h2-7,14,26H,8-13H2,1H3,(H2,22,23);1H. The lowest BCUT2D eigenvalue weighted by molar-refractivity contribution is 0.373. The Morgan fingerprint density at radius 3 is 2.46 bits per heavy atom. The summed E-state index contributed by atoms with van der Waals surface area (Å²) in [5.41, 5.74) is 8.19. The molecule has 2 aromatic rings. The van der Waals surface area contributed by atoms with Crippen molar-refractivity contribution < 1.29 is 14.2 Å². The molecule has 1 saturated heterocycles. The number of hydrogen-bond donors (Lipinski definition) is 2. The Labute approximate surface area is 181 Å². The molecule has 0 saturated carbocycles. The number of guanidine groups is 1. The molecule has 0 spiro atoms. The molecule has 0 radical (unpaired) electrons. The van der Waals surface area contributed by atoms with Crippen molar-refractivity contribution in [2.24, 2.45) is 10.7 Å². The number of phenols is 1. The maximum absolute atomic E-state index is 13.0. The normalized spacial score (nSPS) is 14.6. The number of aliphatic imine (C=N–C) groups is 1. The van der Waals surface area contributed by atoms with Crippen LogP contribution in [0.15, 0.2) is 47.5 Å². The molecule has 3 N–H and O–H groups in total. The van der Waals surface area contributed by atoms with E-state index in [1.165, 1.54) is 19.2 Å². The lowest BCUT2D eigenvalue weighted by Crippen LogP contribution is -2.51. The summed E-state index contributed by atoms with van der Waals surface area (Å²) in [5, 5.41) is 9.63. The van der Waals surface area contributed by atoms with Gasteiger partial charge in [0.15, 0.2) is 17.5 Å². The lowest BCUT2D eigenvalue weighted by atomic mass is 10.1. The maximum Gasteiger partial charge on any atom is 0.191 e. The fourth-order valence-electron chi connectivity index (χ4n) is 3.12. The van der Waals surface area contributed by atoms with Crippen LogP contribution in [0.4, 0.5) is 10.1 Å². The highest BCUT2D eigenvalue weighted by molar-refractivity contribution is 14.0. The number of phenolic OH excluding ortho intramolecular Hbond substituents is 1. The van der Waals surface area contributed by atoms with Crippen LogP contribution in [0.3, 0.4) is 0 Å². The zero-order valence-electron chi connectivity index (χ0n) is 15.8. The Balaban J connectivity index is 0.00000280. The number of nitrogens with zero attached hydrogens (tertiary/aromatic N) is 3. The number of benzene rings is 2. The van der Waals surface area contributed by atoms with Gasteiger partial charge >= 0.3 is 0 Å². The van der Waals surface area contributed by atoms with Crippen molar-refractivity contribution in [3.8, 4) is 11.5 Å². The third-order valence-electron chi connectivity index (χ3n) is 4.71. The SMILES string of the molecule is COc1cc(CCN=C(N)N2CCN(c3ccc(F)cc3)CC2)ccc1O.I. The lowest BCUT2D eigenvalue weighted by Gasteiger charge is -2.36. The highest BCUT2D eigenvalue weighted by Crippen LogP contribution is 2.26. The van der Waals surface area contributed by atoms with Crippen molar-refractivity contribution in [1.82, 2.24) is 4.90 Å². The first-order valence-corrected chi connectivity index (χ1v) is 8.98. The first-order valence-electron chi connectivity index (χ1n) is 8.98. The van der Waals surface area contributed by atoms with Crippen LogP contribution in [0, 0.1) is 5.82 Å². The Hall–Kier alpha value is -2.23. The monoisotopic (exact) mass is 500 g/mol. The van der Waals surface area contributed by atoms with Crippen molar-refractivity contribution in [2.45, 2.75) is 6.42 Å². The summed E-state index contributed by atoms with van der Waals surface area (Å²) < 4.78 is 18.2. The summed E-state index contributed by atoms with van der Waals surface area (Å²) in [6, 6.07) is 11.8. The quantitative estimate of drug-likeness (QED) is 0.376. The van der Waals surface area contributed by atoms with Gasteiger partial charge in [0.2, 0.25) is 0 Å². The molecule has 28 heavy (non-hydrogen) atoms. The second-order valence-corrected chi connectivity index (χ2v) is 6.45. The van der Waals surface area contributed by atoms with Gasteiger partial charge in [0.25, 0.3) is 0 Å². The molecule has 1 aliphatic heterocycles. The molecular weight excluding hydrogens is 474 g/mol. The molecule has 2 aromatic carbocycles. The highest BCUT2D eigenvalue weighted by atomic mass is 127. The molecule has 0 aliphatic carbocycles. The van der Waals surface area contributed by atoms with E-state index in [1.807, 2.05) is 12.1 Å². The second-order valence-electron chi connectivity index (χ2n) is 6.45. The predicted octanol–water partition coefficient (Wildman–Crippen LogP) is 2.84. The van der Waals surface area contributed by atoms with Crippen LogP contribution in [0.25, 0.3) is 0 Å². The van der Waals surface area contributed by atoms with Gasteiger partial charge in [-0.3, -0.25) is 4.99 Å². The first-order chi connectivity index (χ1) is 13.1. The summed E-state index contributed by atoms with van der Waals surface area (Å²) >= 11 is 0. The van der Waals surface area contributed by atoms with Crippen LogP contribution in [-0.2, 0) is 6.42 Å². The molecule has 0 unspecified atom stereocenters. The molecule has 1 heterocycles. The summed E-state index contributed by atoms with van der Waals surface area (Å²) in [5.74, 6) is 0.907. The Kier molecular flexibility index (Phi) is 8.16. The third kappa shape index (κ3) is 5.63. The summed E-state index contributed by atoms with van der Waals surface area (Å²) in [7, 11) is 1.53. The smallest absolute Gasteiger partial charge is 0.191 e. The van der Waals surface area contributed by atoms with Crippen molar-refractivity contribution in [2.75, 3.05) is 44.7 Å². The van der Waals surface area contributed by atoms with Crippen LogP contribution in [0.1, 0.15) is 5.56 Å². The maximum atomic E-state index is 13.0. The van der Waals surface area contributed by atoms with Gasteiger partial charge in [-0.1, -0.05) is 6.07 Å². The Morgan fingerprint density at radius 2 is 1.82 bits per heavy atom. The van der Waals surface area contributed by atoms with Crippen LogP contribution in [0.5, 0.6) is 11.5 Å². The molecule has 0 aromatic heterocycles. The van der Waals surface area contributed by atoms with Gasteiger partial charge < -0.3 is 25.4 Å². The average molecular weight is 500 g/mol. The van der Waals surface area contributed by atoms with Gasteiger partial charge in [0.05, 0.1) is 7.11 Å². The number of anilines is 1. The molecule has 152 valence electrons. The van der Waals surface area contributed by atoms with E-state index >= 15 is 0 Å². The number of ether oxygens (including phenoxy) is 1. The minimum absolute atomic E-state index is 0. The van der Waals surface area contributed by atoms with Crippen LogP contribution < -0.4 is 15.4 Å². The van der Waals surface area contributed by atoms with E-state index in [-0.39, 0.29) is 35.5 Å². The summed E-state index contributed by atoms with van der Waals surface area (Å²) in [4.78, 5) is 8.76. The number of rotatable bonds is 5. The van der Waals surface area contributed by atoms with Crippen molar-refractivity contribution in [3.05, 3.63) is 53.8 Å². The molecule has 3 rings (SSSR count). The highest BCUT2D eigenvalue weighted by Gasteiger charge is 2.18. The molecule has 6 nitrogen and oxygen atoms in total. The van der Waals surface area contributed by atoms with E-state index in [0.717, 1.165) is 37.4 Å². The number of nitrogens with two attached hydrogens (primary N) is 1. The number of aromatic hydroxyl groups is 1. The minimum atomic E-state index is -0.222. The molecule has 0 amide bonds. The third-order valence-corrected chi connectivity index (χ3v) is 4.71. The molecule has 1 fully saturated rings. The Morgan fingerprint density at radius 1 is 1.14 bits per heavy atom. The second kappa shape index (κ2) is 10.4. The summed E-state index contributed by atoms with van der Waals surface area (Å²) in [6.07, 6.45) is 0.715. The van der Waals surface area contributed by atoms with E-state index in [0.29, 0.717) is 24.7 Å². The molecule has 8 heteroatoms. The van der Waals surface area contributed by atoms with Gasteiger partial charge in [-0.25, -0.2) is 4.39 Å². The van der Waals surface area contributed by atoms with E-state index in [2.05, 4.69) is 14.8 Å². The molecular formula is C20H26FIN4O2. The zero-order valence-corrected chi connectivity index (χ0v) is 18.2. The molecule has 1 aliphatic rings. The topological polar surface area (TPSA) is 74.3 Å². The predicted molar refractivity (Wildman–Crippen MR) is 120 cm³/mol. The van der Waals surface area contributed by atoms with Gasteiger partial charge in [-0.2, -0.15) is 0 Å². The van der Waals surface area contributed by atoms with Crippen LogP contribution in [-0.4, -0.2) is 55.8 Å². The van der Waals surface area contributed by atoms with Crippen molar-refractivity contribution in [1.29, 1.82) is 0 Å². The zero-order chi connectivity index (χ0) is 19.2. The fourth-order valence-corrected chi connectivity index (χ4v) is 3.12. The van der Waals surface area contributed by atoms with Gasteiger partial charge in [0.1, 0.15) is 5.82 Å². The van der Waals surface area contributed by atoms with E-state index in [4.69, 9.17) is 10.5 Å². The summed E-state index contributed by atoms with van der Waals surface area (Å²) in [6.45, 7) is 3.76. The molecule has 0 atom stereocenters. The van der Waals surface area contributed by atoms with E-state index in [9.17, 15) is 9.50 Å². The number of piperazine rings is 1. The Bertz CT molecular complexity index is 793. The number of halogens is 2.